The smallest absolute Gasteiger partial charge is 0.326 e. The van der Waals surface area contributed by atoms with Crippen LogP contribution in [0.2, 0.25) is 0 Å². The highest BCUT2D eigenvalue weighted by Crippen LogP contribution is 2.36. The third-order valence-electron chi connectivity index (χ3n) is 4.47. The summed E-state index contributed by atoms with van der Waals surface area (Å²) < 4.78 is 0. The maximum atomic E-state index is 11.6. The summed E-state index contributed by atoms with van der Waals surface area (Å²) in [4.78, 5) is 13.9. The minimum absolute atomic E-state index is 0.0866. The summed E-state index contributed by atoms with van der Waals surface area (Å²) in [6.45, 7) is 3.61. The molecule has 2 aromatic rings. The van der Waals surface area contributed by atoms with Crippen LogP contribution in [0.5, 0.6) is 0 Å². The van der Waals surface area contributed by atoms with Gasteiger partial charge >= 0.3 is 5.97 Å². The Labute approximate surface area is 136 Å². The van der Waals surface area contributed by atoms with Crippen LogP contribution in [-0.4, -0.2) is 41.1 Å². The van der Waals surface area contributed by atoms with Gasteiger partial charge in [-0.25, -0.2) is 0 Å². The zero-order valence-corrected chi connectivity index (χ0v) is 13.3. The number of likely N-dealkylation sites (N-methyl/N-ethyl adjacent to an activating group) is 1. The SMILES string of the molecule is CCNC1(C(=O)O)CN(C(c2ccccc2)c2ccccc2)C1. The molecule has 23 heavy (non-hydrogen) atoms. The lowest BCUT2D eigenvalue weighted by Gasteiger charge is -2.51. The van der Waals surface area contributed by atoms with Gasteiger partial charge in [0.2, 0.25) is 0 Å². The van der Waals surface area contributed by atoms with Crippen LogP contribution in [-0.2, 0) is 4.79 Å². The van der Waals surface area contributed by atoms with Crippen molar-refractivity contribution in [2.45, 2.75) is 18.5 Å². The van der Waals surface area contributed by atoms with Crippen LogP contribution in [0.15, 0.2) is 60.7 Å². The minimum Gasteiger partial charge on any atom is -0.480 e. The molecule has 0 aromatic heterocycles. The monoisotopic (exact) mass is 310 g/mol. The predicted octanol–water partition coefficient (Wildman–Crippen LogP) is 2.52. The third kappa shape index (κ3) is 3.00. The molecular weight excluding hydrogens is 288 g/mol. The number of likely N-dealkylation sites (tertiary alicyclic amines) is 1. The van der Waals surface area contributed by atoms with Crippen LogP contribution < -0.4 is 5.32 Å². The van der Waals surface area contributed by atoms with Crippen LogP contribution in [0.4, 0.5) is 0 Å². The molecule has 2 aromatic carbocycles. The minimum atomic E-state index is -0.823. The Morgan fingerprint density at radius 1 is 1.09 bits per heavy atom. The van der Waals surface area contributed by atoms with Gasteiger partial charge in [-0.1, -0.05) is 67.6 Å². The molecule has 1 heterocycles. The number of aliphatic carboxylic acids is 1. The van der Waals surface area contributed by atoms with Gasteiger partial charge in [0.05, 0.1) is 6.04 Å². The lowest BCUT2D eigenvalue weighted by Crippen LogP contribution is -2.73. The number of benzene rings is 2. The van der Waals surface area contributed by atoms with E-state index >= 15 is 0 Å². The molecule has 4 heteroatoms. The molecular formula is C19H22N2O2. The Bertz CT molecular complexity index is 612. The molecule has 4 nitrogen and oxygen atoms in total. The number of carbonyl (C=O) groups is 1. The molecule has 2 N–H and O–H groups in total. The van der Waals surface area contributed by atoms with Crippen molar-refractivity contribution in [2.75, 3.05) is 19.6 Å². The lowest BCUT2D eigenvalue weighted by atomic mass is 9.84. The average molecular weight is 310 g/mol. The molecule has 0 unspecified atom stereocenters. The number of rotatable bonds is 6. The van der Waals surface area contributed by atoms with Crippen molar-refractivity contribution in [3.05, 3.63) is 71.8 Å². The molecule has 0 amide bonds. The first kappa shape index (κ1) is 15.7. The first-order valence-electron chi connectivity index (χ1n) is 7.98. The van der Waals surface area contributed by atoms with E-state index in [0.717, 1.165) is 0 Å². The van der Waals surface area contributed by atoms with E-state index in [1.807, 2.05) is 43.3 Å². The normalized spacial score (nSPS) is 17.0. The Kier molecular flexibility index (Phi) is 4.46. The Morgan fingerprint density at radius 2 is 1.57 bits per heavy atom. The second kappa shape index (κ2) is 6.52. The van der Waals surface area contributed by atoms with Crippen molar-refractivity contribution in [3.63, 3.8) is 0 Å². The zero-order valence-electron chi connectivity index (χ0n) is 13.3. The van der Waals surface area contributed by atoms with Crippen molar-refractivity contribution >= 4 is 5.97 Å². The first-order chi connectivity index (χ1) is 11.2. The third-order valence-corrected chi connectivity index (χ3v) is 4.47. The van der Waals surface area contributed by atoms with Gasteiger partial charge < -0.3 is 5.11 Å². The van der Waals surface area contributed by atoms with Crippen molar-refractivity contribution < 1.29 is 9.90 Å². The molecule has 3 rings (SSSR count). The van der Waals surface area contributed by atoms with E-state index in [0.29, 0.717) is 19.6 Å². The number of hydrogen-bond donors (Lipinski definition) is 2. The van der Waals surface area contributed by atoms with E-state index in [-0.39, 0.29) is 6.04 Å². The molecule has 1 fully saturated rings. The number of carboxylic acid groups (broad SMARTS) is 1. The lowest BCUT2D eigenvalue weighted by molar-refractivity contribution is -0.154. The summed E-state index contributed by atoms with van der Waals surface area (Å²) in [5.41, 5.74) is 1.56. The topological polar surface area (TPSA) is 52.6 Å². The maximum absolute atomic E-state index is 11.6. The van der Waals surface area contributed by atoms with Crippen LogP contribution in [0.1, 0.15) is 24.1 Å². The second-order valence-electron chi connectivity index (χ2n) is 6.05. The van der Waals surface area contributed by atoms with Crippen molar-refractivity contribution in [3.8, 4) is 0 Å². The zero-order chi connectivity index (χ0) is 16.3. The van der Waals surface area contributed by atoms with Gasteiger partial charge in [-0.15, -0.1) is 0 Å². The molecule has 1 aliphatic rings. The van der Waals surface area contributed by atoms with Gasteiger partial charge in [0, 0.05) is 13.1 Å². The molecule has 120 valence electrons. The van der Waals surface area contributed by atoms with E-state index in [9.17, 15) is 9.90 Å². The standard InChI is InChI=1S/C19H22N2O2/c1-2-20-19(18(22)23)13-21(14-19)17(15-9-5-3-6-10-15)16-11-7-4-8-12-16/h3-12,17,20H,2,13-14H2,1H3,(H,22,23). The number of nitrogens with one attached hydrogen (secondary N) is 1. The fourth-order valence-electron chi connectivity index (χ4n) is 3.38. The summed E-state index contributed by atoms with van der Waals surface area (Å²) in [7, 11) is 0. The largest absolute Gasteiger partial charge is 0.480 e. The molecule has 0 atom stereocenters. The van der Waals surface area contributed by atoms with Crippen LogP contribution in [0.25, 0.3) is 0 Å². The summed E-state index contributed by atoms with van der Waals surface area (Å²) in [6, 6.07) is 20.6. The van der Waals surface area contributed by atoms with E-state index in [1.54, 1.807) is 0 Å². The Morgan fingerprint density at radius 3 is 1.96 bits per heavy atom. The fourth-order valence-corrected chi connectivity index (χ4v) is 3.38. The highest BCUT2D eigenvalue weighted by molar-refractivity contribution is 5.81. The molecule has 0 aliphatic carbocycles. The summed E-state index contributed by atoms with van der Waals surface area (Å²) in [6.07, 6.45) is 0. The Balaban J connectivity index is 1.89. The molecule has 1 saturated heterocycles. The average Bonchev–Trinajstić information content (AvgIpc) is 2.54. The fraction of sp³-hybridized carbons (Fsp3) is 0.316. The predicted molar refractivity (Wildman–Crippen MR) is 90.3 cm³/mol. The van der Waals surface area contributed by atoms with Crippen molar-refractivity contribution in [1.29, 1.82) is 0 Å². The van der Waals surface area contributed by atoms with Gasteiger partial charge in [0.15, 0.2) is 0 Å². The van der Waals surface area contributed by atoms with Crippen molar-refractivity contribution in [2.24, 2.45) is 0 Å². The molecule has 0 radical (unpaired) electrons. The highest BCUT2D eigenvalue weighted by atomic mass is 16.4. The number of hydrogen-bond acceptors (Lipinski definition) is 3. The number of nitrogens with zero attached hydrogens (tertiary/aromatic N) is 1. The van der Waals surface area contributed by atoms with Crippen LogP contribution in [0, 0.1) is 0 Å². The molecule has 1 aliphatic heterocycles. The van der Waals surface area contributed by atoms with Gasteiger partial charge in [-0.2, -0.15) is 0 Å². The van der Waals surface area contributed by atoms with Crippen LogP contribution in [0.3, 0.4) is 0 Å². The maximum Gasteiger partial charge on any atom is 0.326 e. The molecule has 0 saturated carbocycles. The van der Waals surface area contributed by atoms with Crippen LogP contribution >= 0.6 is 0 Å². The number of carboxylic acids is 1. The molecule has 0 spiro atoms. The summed E-state index contributed by atoms with van der Waals surface area (Å²) in [5.74, 6) is -0.768. The van der Waals surface area contributed by atoms with E-state index < -0.39 is 11.5 Å². The van der Waals surface area contributed by atoms with E-state index in [1.165, 1.54) is 11.1 Å². The van der Waals surface area contributed by atoms with Gasteiger partial charge in [-0.3, -0.25) is 15.0 Å². The quantitative estimate of drug-likeness (QED) is 0.861. The van der Waals surface area contributed by atoms with E-state index in [2.05, 4.69) is 34.5 Å². The van der Waals surface area contributed by atoms with Gasteiger partial charge in [0.1, 0.15) is 5.54 Å². The first-order valence-corrected chi connectivity index (χ1v) is 7.98. The van der Waals surface area contributed by atoms with E-state index in [4.69, 9.17) is 0 Å². The van der Waals surface area contributed by atoms with Crippen molar-refractivity contribution in [1.82, 2.24) is 10.2 Å². The summed E-state index contributed by atoms with van der Waals surface area (Å²) >= 11 is 0. The highest BCUT2D eigenvalue weighted by Gasteiger charge is 2.51. The van der Waals surface area contributed by atoms with Gasteiger partial charge in [0.25, 0.3) is 0 Å². The molecule has 0 bridgehead atoms. The summed E-state index contributed by atoms with van der Waals surface area (Å²) in [5, 5.41) is 12.7. The Hall–Kier alpha value is -2.17. The second-order valence-corrected chi connectivity index (χ2v) is 6.05. The van der Waals surface area contributed by atoms with Gasteiger partial charge in [-0.05, 0) is 17.7 Å².